The molecule has 1 aromatic rings. The van der Waals surface area contributed by atoms with E-state index in [0.29, 0.717) is 0 Å². The fourth-order valence-corrected chi connectivity index (χ4v) is 2.78. The first-order valence-corrected chi connectivity index (χ1v) is 5.54. The van der Waals surface area contributed by atoms with Crippen LogP contribution in [0.15, 0.2) is 6.07 Å². The molecule has 1 N–H and O–H groups in total. The van der Waals surface area contributed by atoms with Crippen LogP contribution in [0.2, 0.25) is 0 Å². The molecular weight excluding hydrogens is 196 g/mol. The number of rotatable bonds is 1. The van der Waals surface area contributed by atoms with Gasteiger partial charge in [0.2, 0.25) is 0 Å². The molecule has 1 aromatic heterocycles. The molecule has 1 aliphatic heterocycles. The molecular formula is C10H14N2OS. The lowest BCUT2D eigenvalue weighted by molar-refractivity contribution is 0.0832. The van der Waals surface area contributed by atoms with Crippen molar-refractivity contribution in [2.45, 2.75) is 13.0 Å². The van der Waals surface area contributed by atoms with Gasteiger partial charge in [0, 0.05) is 32.1 Å². The first-order valence-electron chi connectivity index (χ1n) is 4.72. The van der Waals surface area contributed by atoms with E-state index in [-0.39, 0.29) is 5.91 Å². The summed E-state index contributed by atoms with van der Waals surface area (Å²) < 4.78 is 0. The van der Waals surface area contributed by atoms with Gasteiger partial charge >= 0.3 is 0 Å². The highest BCUT2D eigenvalue weighted by Crippen LogP contribution is 2.25. The molecule has 0 radical (unpaired) electrons. The van der Waals surface area contributed by atoms with Gasteiger partial charge in [0.25, 0.3) is 5.91 Å². The maximum absolute atomic E-state index is 11.7. The quantitative estimate of drug-likeness (QED) is 0.752. The van der Waals surface area contributed by atoms with Crippen LogP contribution >= 0.6 is 11.3 Å². The summed E-state index contributed by atoms with van der Waals surface area (Å²) in [5.41, 5.74) is 1.30. The van der Waals surface area contributed by atoms with Crippen LogP contribution in [0.1, 0.15) is 20.1 Å². The van der Waals surface area contributed by atoms with Gasteiger partial charge in [-0.2, -0.15) is 0 Å². The standard InChI is InChI=1S/C10H14N2OS/c1-12(2)10(13)9-5-7-6-11-4-3-8(7)14-9/h5,11H,3-4,6H2,1-2H3. The van der Waals surface area contributed by atoms with Crippen LogP contribution in [0, 0.1) is 0 Å². The van der Waals surface area contributed by atoms with Crippen LogP contribution < -0.4 is 5.32 Å². The first kappa shape index (κ1) is 9.68. The molecule has 0 fully saturated rings. The normalized spacial score (nSPS) is 15.0. The van der Waals surface area contributed by atoms with Crippen molar-refractivity contribution in [3.63, 3.8) is 0 Å². The number of carbonyl (C=O) groups is 1. The molecule has 0 spiro atoms. The summed E-state index contributed by atoms with van der Waals surface area (Å²) in [4.78, 5) is 15.5. The topological polar surface area (TPSA) is 32.3 Å². The summed E-state index contributed by atoms with van der Waals surface area (Å²) in [5, 5.41) is 3.30. The molecule has 2 heterocycles. The minimum atomic E-state index is 0.115. The Kier molecular flexibility index (Phi) is 2.56. The zero-order chi connectivity index (χ0) is 10.1. The molecule has 1 aliphatic rings. The molecule has 0 unspecified atom stereocenters. The summed E-state index contributed by atoms with van der Waals surface area (Å²) in [6.07, 6.45) is 1.06. The van der Waals surface area contributed by atoms with E-state index >= 15 is 0 Å². The SMILES string of the molecule is CN(C)C(=O)c1cc2c(s1)CCNC2. The van der Waals surface area contributed by atoms with Crippen LogP contribution in [0.5, 0.6) is 0 Å². The Labute approximate surface area is 87.7 Å². The van der Waals surface area contributed by atoms with Gasteiger partial charge in [-0.25, -0.2) is 0 Å². The average molecular weight is 210 g/mol. The Hall–Kier alpha value is -0.870. The van der Waals surface area contributed by atoms with E-state index in [0.717, 1.165) is 24.4 Å². The number of nitrogens with one attached hydrogen (secondary N) is 1. The highest BCUT2D eigenvalue weighted by atomic mass is 32.1. The maximum Gasteiger partial charge on any atom is 0.263 e. The molecule has 2 rings (SSSR count). The predicted molar refractivity (Wildman–Crippen MR) is 57.7 cm³/mol. The molecule has 0 aliphatic carbocycles. The van der Waals surface area contributed by atoms with Gasteiger partial charge in [-0.3, -0.25) is 4.79 Å². The van der Waals surface area contributed by atoms with Gasteiger partial charge in [-0.05, 0) is 18.1 Å². The Bertz CT molecular complexity index is 334. The van der Waals surface area contributed by atoms with Crippen molar-refractivity contribution in [3.8, 4) is 0 Å². The van der Waals surface area contributed by atoms with Gasteiger partial charge in [0.05, 0.1) is 4.88 Å². The lowest BCUT2D eigenvalue weighted by Gasteiger charge is -2.10. The number of fused-ring (bicyclic) bond motifs is 1. The highest BCUT2D eigenvalue weighted by Gasteiger charge is 2.17. The minimum absolute atomic E-state index is 0.115. The summed E-state index contributed by atoms with van der Waals surface area (Å²) in [6, 6.07) is 2.02. The smallest absolute Gasteiger partial charge is 0.263 e. The van der Waals surface area contributed by atoms with E-state index in [9.17, 15) is 4.79 Å². The van der Waals surface area contributed by atoms with Gasteiger partial charge in [0.15, 0.2) is 0 Å². The third kappa shape index (κ3) is 1.67. The largest absolute Gasteiger partial charge is 0.344 e. The van der Waals surface area contributed by atoms with Crippen LogP contribution in [-0.4, -0.2) is 31.4 Å². The molecule has 0 atom stereocenters. The van der Waals surface area contributed by atoms with Crippen LogP contribution in [-0.2, 0) is 13.0 Å². The maximum atomic E-state index is 11.7. The fraction of sp³-hybridized carbons (Fsp3) is 0.500. The van der Waals surface area contributed by atoms with Gasteiger partial charge in [0.1, 0.15) is 0 Å². The van der Waals surface area contributed by atoms with Crippen molar-refractivity contribution >= 4 is 17.2 Å². The van der Waals surface area contributed by atoms with Gasteiger partial charge < -0.3 is 10.2 Å². The number of hydrogen-bond acceptors (Lipinski definition) is 3. The monoisotopic (exact) mass is 210 g/mol. The van der Waals surface area contributed by atoms with Crippen molar-refractivity contribution in [1.29, 1.82) is 0 Å². The molecule has 76 valence electrons. The second-order valence-corrected chi connectivity index (χ2v) is 4.82. The third-order valence-electron chi connectivity index (χ3n) is 2.36. The molecule has 1 amide bonds. The Morgan fingerprint density at radius 1 is 1.57 bits per heavy atom. The number of nitrogens with zero attached hydrogens (tertiary/aromatic N) is 1. The molecule has 0 bridgehead atoms. The van der Waals surface area contributed by atoms with Gasteiger partial charge in [-0.15, -0.1) is 11.3 Å². The van der Waals surface area contributed by atoms with Crippen LogP contribution in [0.3, 0.4) is 0 Å². The van der Waals surface area contributed by atoms with Crippen molar-refractivity contribution in [1.82, 2.24) is 10.2 Å². The van der Waals surface area contributed by atoms with E-state index in [4.69, 9.17) is 0 Å². The van der Waals surface area contributed by atoms with Crippen molar-refractivity contribution in [3.05, 3.63) is 21.4 Å². The number of hydrogen-bond donors (Lipinski definition) is 1. The van der Waals surface area contributed by atoms with E-state index < -0.39 is 0 Å². The van der Waals surface area contributed by atoms with E-state index in [2.05, 4.69) is 5.32 Å². The predicted octanol–water partition coefficient (Wildman–Crippen LogP) is 1.10. The molecule has 0 aromatic carbocycles. The first-order chi connectivity index (χ1) is 6.68. The second-order valence-electron chi connectivity index (χ2n) is 3.69. The van der Waals surface area contributed by atoms with E-state index in [1.807, 2.05) is 6.07 Å². The average Bonchev–Trinajstić information content (AvgIpc) is 2.59. The molecule has 4 heteroatoms. The van der Waals surface area contributed by atoms with Crippen LogP contribution in [0.25, 0.3) is 0 Å². The van der Waals surface area contributed by atoms with Gasteiger partial charge in [-0.1, -0.05) is 0 Å². The Morgan fingerprint density at radius 2 is 2.36 bits per heavy atom. The zero-order valence-electron chi connectivity index (χ0n) is 8.46. The van der Waals surface area contributed by atoms with Crippen molar-refractivity contribution in [2.75, 3.05) is 20.6 Å². The number of carbonyl (C=O) groups excluding carboxylic acids is 1. The summed E-state index contributed by atoms with van der Waals surface area (Å²) in [6.45, 7) is 1.94. The highest BCUT2D eigenvalue weighted by molar-refractivity contribution is 7.14. The summed E-state index contributed by atoms with van der Waals surface area (Å²) >= 11 is 1.64. The van der Waals surface area contributed by atoms with Crippen LogP contribution in [0.4, 0.5) is 0 Å². The second kappa shape index (κ2) is 3.71. The fourth-order valence-electron chi connectivity index (χ4n) is 1.58. The van der Waals surface area contributed by atoms with E-state index in [1.165, 1.54) is 10.4 Å². The Morgan fingerprint density at radius 3 is 3.00 bits per heavy atom. The number of thiophene rings is 1. The molecule has 3 nitrogen and oxygen atoms in total. The number of amides is 1. The lowest BCUT2D eigenvalue weighted by Crippen LogP contribution is -2.21. The summed E-state index contributed by atoms with van der Waals surface area (Å²) in [5.74, 6) is 0.115. The molecule has 0 saturated carbocycles. The molecule has 14 heavy (non-hydrogen) atoms. The van der Waals surface area contributed by atoms with Crippen molar-refractivity contribution < 1.29 is 4.79 Å². The molecule has 0 saturated heterocycles. The lowest BCUT2D eigenvalue weighted by atomic mass is 10.1. The van der Waals surface area contributed by atoms with E-state index in [1.54, 1.807) is 30.3 Å². The third-order valence-corrected chi connectivity index (χ3v) is 3.58. The summed E-state index contributed by atoms with van der Waals surface area (Å²) in [7, 11) is 3.58. The zero-order valence-corrected chi connectivity index (χ0v) is 9.28. The Balaban J connectivity index is 2.28. The van der Waals surface area contributed by atoms with Crippen molar-refractivity contribution in [2.24, 2.45) is 0 Å². The minimum Gasteiger partial charge on any atom is -0.344 e.